The third-order valence-corrected chi connectivity index (χ3v) is 4.63. The van der Waals surface area contributed by atoms with Crippen LogP contribution in [0.25, 0.3) is 0 Å². The van der Waals surface area contributed by atoms with Crippen molar-refractivity contribution in [1.82, 2.24) is 5.32 Å². The molecule has 0 aromatic heterocycles. The van der Waals surface area contributed by atoms with Gasteiger partial charge in [0, 0.05) is 35.2 Å². The van der Waals surface area contributed by atoms with Gasteiger partial charge >= 0.3 is 0 Å². The molecular weight excluding hydrogens is 392 g/mol. The van der Waals surface area contributed by atoms with Crippen LogP contribution >= 0.6 is 0 Å². The van der Waals surface area contributed by atoms with Crippen LogP contribution in [0.15, 0.2) is 72.8 Å². The van der Waals surface area contributed by atoms with Crippen molar-refractivity contribution < 1.29 is 14.4 Å². The maximum absolute atomic E-state index is 12.5. The molecule has 0 saturated carbocycles. The molecule has 31 heavy (non-hydrogen) atoms. The average molecular weight is 416 g/mol. The summed E-state index contributed by atoms with van der Waals surface area (Å²) in [5, 5.41) is 11.2. The van der Waals surface area contributed by atoms with Gasteiger partial charge in [-0.15, -0.1) is 0 Å². The molecule has 158 valence electrons. The van der Waals surface area contributed by atoms with E-state index in [1.807, 2.05) is 43.3 Å². The van der Waals surface area contributed by atoms with Crippen LogP contribution < -0.4 is 21.3 Å². The van der Waals surface area contributed by atoms with Crippen molar-refractivity contribution in [3.05, 3.63) is 89.5 Å². The van der Waals surface area contributed by atoms with Crippen molar-refractivity contribution in [3.8, 4) is 0 Å². The summed E-state index contributed by atoms with van der Waals surface area (Å²) in [4.78, 5) is 36.4. The van der Waals surface area contributed by atoms with Gasteiger partial charge in [-0.3, -0.25) is 14.4 Å². The fraction of sp³-hybridized carbons (Fsp3) is 0.125. The number of benzene rings is 3. The Kier molecular flexibility index (Phi) is 7.01. The molecule has 0 spiro atoms. The first-order chi connectivity index (χ1) is 15.0. The minimum Gasteiger partial charge on any atom is -0.376 e. The Bertz CT molecular complexity index is 1080. The number of amides is 3. The Morgan fingerprint density at radius 3 is 2.06 bits per heavy atom. The Balaban J connectivity index is 1.59. The topological polar surface area (TPSA) is 99.3 Å². The Morgan fingerprint density at radius 2 is 1.39 bits per heavy atom. The first-order valence-electron chi connectivity index (χ1n) is 9.79. The molecule has 3 amide bonds. The summed E-state index contributed by atoms with van der Waals surface area (Å²) >= 11 is 0. The van der Waals surface area contributed by atoms with Crippen molar-refractivity contribution in [3.63, 3.8) is 0 Å². The van der Waals surface area contributed by atoms with E-state index in [4.69, 9.17) is 0 Å². The van der Waals surface area contributed by atoms with E-state index in [9.17, 15) is 14.4 Å². The number of para-hydroxylation sites is 1. The normalized spacial score (nSPS) is 10.1. The molecule has 0 atom stereocenters. The number of aryl methyl sites for hydroxylation is 1. The first-order valence-corrected chi connectivity index (χ1v) is 9.79. The summed E-state index contributed by atoms with van der Waals surface area (Å²) in [6.45, 7) is 1.93. The summed E-state index contributed by atoms with van der Waals surface area (Å²) < 4.78 is 0. The molecule has 7 heteroatoms. The van der Waals surface area contributed by atoms with Crippen LogP contribution in [-0.2, 0) is 4.79 Å². The molecule has 0 fully saturated rings. The highest BCUT2D eigenvalue weighted by atomic mass is 16.2. The van der Waals surface area contributed by atoms with Crippen LogP contribution in [0.5, 0.6) is 0 Å². The second-order valence-corrected chi connectivity index (χ2v) is 6.91. The van der Waals surface area contributed by atoms with Crippen molar-refractivity contribution in [2.75, 3.05) is 29.5 Å². The maximum Gasteiger partial charge on any atom is 0.255 e. The molecular formula is C24H24N4O3. The molecule has 4 N–H and O–H groups in total. The lowest BCUT2D eigenvalue weighted by Crippen LogP contribution is -2.22. The van der Waals surface area contributed by atoms with E-state index in [0.29, 0.717) is 28.2 Å². The van der Waals surface area contributed by atoms with Crippen LogP contribution in [0, 0.1) is 6.92 Å². The van der Waals surface area contributed by atoms with E-state index >= 15 is 0 Å². The van der Waals surface area contributed by atoms with Crippen molar-refractivity contribution in [2.24, 2.45) is 0 Å². The molecule has 0 heterocycles. The monoisotopic (exact) mass is 416 g/mol. The van der Waals surface area contributed by atoms with Crippen LogP contribution in [-0.4, -0.2) is 31.3 Å². The van der Waals surface area contributed by atoms with E-state index in [1.54, 1.807) is 43.4 Å². The van der Waals surface area contributed by atoms with Crippen LogP contribution in [0.1, 0.15) is 26.3 Å². The highest BCUT2D eigenvalue weighted by Gasteiger charge is 2.10. The average Bonchev–Trinajstić information content (AvgIpc) is 2.79. The summed E-state index contributed by atoms with van der Waals surface area (Å²) in [7, 11) is 1.56. The molecule has 0 aliphatic rings. The zero-order valence-corrected chi connectivity index (χ0v) is 17.4. The van der Waals surface area contributed by atoms with Crippen molar-refractivity contribution in [1.29, 1.82) is 0 Å². The van der Waals surface area contributed by atoms with E-state index in [1.165, 1.54) is 0 Å². The summed E-state index contributed by atoms with van der Waals surface area (Å²) in [6.07, 6.45) is 0. The van der Waals surface area contributed by atoms with Crippen LogP contribution in [0.3, 0.4) is 0 Å². The van der Waals surface area contributed by atoms with Crippen molar-refractivity contribution in [2.45, 2.75) is 6.92 Å². The second kappa shape index (κ2) is 10.1. The number of nitrogens with one attached hydrogen (secondary N) is 4. The van der Waals surface area contributed by atoms with E-state index in [-0.39, 0.29) is 24.3 Å². The lowest BCUT2D eigenvalue weighted by Gasteiger charge is -2.12. The number of anilines is 3. The molecule has 3 aromatic carbocycles. The predicted octanol–water partition coefficient (Wildman–Crippen LogP) is 3.66. The third-order valence-electron chi connectivity index (χ3n) is 4.63. The number of carbonyl (C=O) groups is 3. The predicted molar refractivity (Wildman–Crippen MR) is 123 cm³/mol. The van der Waals surface area contributed by atoms with Gasteiger partial charge in [0.2, 0.25) is 5.91 Å². The molecule has 0 radical (unpaired) electrons. The SMILES string of the molecule is CNC(=O)c1ccc(NC(=O)CNc2cc(C(=O)Nc3ccccc3)ccc2C)cc1. The molecule has 7 nitrogen and oxygen atoms in total. The Morgan fingerprint density at radius 1 is 0.742 bits per heavy atom. The van der Waals surface area contributed by atoms with E-state index in [2.05, 4.69) is 21.3 Å². The van der Waals surface area contributed by atoms with Gasteiger partial charge in [0.1, 0.15) is 0 Å². The van der Waals surface area contributed by atoms with Crippen molar-refractivity contribution >= 4 is 34.8 Å². The number of hydrogen-bond acceptors (Lipinski definition) is 4. The van der Waals surface area contributed by atoms with Gasteiger partial charge in [-0.2, -0.15) is 0 Å². The number of rotatable bonds is 7. The van der Waals surface area contributed by atoms with Gasteiger partial charge in [0.25, 0.3) is 11.8 Å². The number of hydrogen-bond donors (Lipinski definition) is 4. The van der Waals surface area contributed by atoms with E-state index in [0.717, 1.165) is 5.56 Å². The summed E-state index contributed by atoms with van der Waals surface area (Å²) in [6, 6.07) is 21.1. The second-order valence-electron chi connectivity index (χ2n) is 6.91. The highest BCUT2D eigenvalue weighted by Crippen LogP contribution is 2.18. The van der Waals surface area contributed by atoms with Gasteiger partial charge in [-0.1, -0.05) is 24.3 Å². The van der Waals surface area contributed by atoms with Gasteiger partial charge in [0.05, 0.1) is 6.54 Å². The maximum atomic E-state index is 12.5. The molecule has 0 saturated heterocycles. The van der Waals surface area contributed by atoms with Gasteiger partial charge < -0.3 is 21.3 Å². The summed E-state index contributed by atoms with van der Waals surface area (Å²) in [5.74, 6) is -0.660. The van der Waals surface area contributed by atoms with Gasteiger partial charge in [-0.25, -0.2) is 0 Å². The molecule has 0 bridgehead atoms. The smallest absolute Gasteiger partial charge is 0.255 e. The lowest BCUT2D eigenvalue weighted by atomic mass is 10.1. The fourth-order valence-electron chi connectivity index (χ4n) is 2.91. The van der Waals surface area contributed by atoms with Crippen LogP contribution in [0.4, 0.5) is 17.1 Å². The molecule has 0 aliphatic carbocycles. The largest absolute Gasteiger partial charge is 0.376 e. The lowest BCUT2D eigenvalue weighted by molar-refractivity contribution is -0.114. The minimum absolute atomic E-state index is 0.0296. The number of carbonyl (C=O) groups excluding carboxylic acids is 3. The Hall–Kier alpha value is -4.13. The first kappa shape index (κ1) is 21.6. The molecule has 0 aliphatic heterocycles. The van der Waals surface area contributed by atoms with Gasteiger partial charge in [-0.05, 0) is 61.0 Å². The quantitative estimate of drug-likeness (QED) is 0.472. The minimum atomic E-state index is -0.244. The molecule has 0 unspecified atom stereocenters. The fourth-order valence-corrected chi connectivity index (χ4v) is 2.91. The Labute approximate surface area is 180 Å². The van der Waals surface area contributed by atoms with Gasteiger partial charge in [0.15, 0.2) is 0 Å². The molecule has 3 aromatic rings. The van der Waals surface area contributed by atoms with Crippen LogP contribution in [0.2, 0.25) is 0 Å². The highest BCUT2D eigenvalue weighted by molar-refractivity contribution is 6.05. The van der Waals surface area contributed by atoms with E-state index < -0.39 is 0 Å². The molecule has 3 rings (SSSR count). The standard InChI is InChI=1S/C24H24N4O3/c1-16-8-9-18(24(31)28-19-6-4-3-5-7-19)14-21(16)26-15-22(29)27-20-12-10-17(11-13-20)23(30)25-2/h3-14,26H,15H2,1-2H3,(H,25,30)(H,27,29)(H,28,31). The zero-order valence-electron chi connectivity index (χ0n) is 17.4. The zero-order chi connectivity index (χ0) is 22.2. The third kappa shape index (κ3) is 5.93. The summed E-state index contributed by atoms with van der Waals surface area (Å²) in [5.41, 5.74) is 3.92.